The van der Waals surface area contributed by atoms with Gasteiger partial charge in [-0.2, -0.15) is 0 Å². The fourth-order valence-corrected chi connectivity index (χ4v) is 5.53. The predicted octanol–water partition coefficient (Wildman–Crippen LogP) is 7.42. The number of aliphatic hydroxyl groups excluding tert-OH is 1. The Morgan fingerprint density at radius 1 is 0.766 bits per heavy atom. The summed E-state index contributed by atoms with van der Waals surface area (Å²) in [7, 11) is -4.41. The summed E-state index contributed by atoms with van der Waals surface area (Å²) in [5.74, 6) is -0.959. The first kappa shape index (κ1) is 45.1. The monoisotopic (exact) mass is 689 g/mol. The number of carbonyl (C=O) groups excluding carboxylic acids is 3. The Labute approximate surface area is 283 Å². The van der Waals surface area contributed by atoms with E-state index in [0.29, 0.717) is 25.5 Å². The van der Waals surface area contributed by atoms with E-state index < -0.39 is 38.6 Å². The Bertz CT molecular complexity index is 882. The number of ether oxygens (including phenoxy) is 2. The summed E-state index contributed by atoms with van der Waals surface area (Å²) in [5.41, 5.74) is 5.30. The van der Waals surface area contributed by atoms with Gasteiger partial charge in [0.05, 0.1) is 19.3 Å². The minimum atomic E-state index is -4.41. The van der Waals surface area contributed by atoms with Crippen molar-refractivity contribution in [2.45, 2.75) is 154 Å². The Kier molecular flexibility index (Phi) is 31.4. The van der Waals surface area contributed by atoms with Crippen molar-refractivity contribution in [3.05, 3.63) is 24.3 Å². The maximum atomic E-state index is 12.4. The normalized spacial score (nSPS) is 14.3. The van der Waals surface area contributed by atoms with Gasteiger partial charge < -0.3 is 25.2 Å². The van der Waals surface area contributed by atoms with Crippen LogP contribution >= 0.6 is 7.82 Å². The van der Waals surface area contributed by atoms with E-state index in [4.69, 9.17) is 24.3 Å². The minimum Gasteiger partial charge on any atom is -0.462 e. The molecule has 2 unspecified atom stereocenters. The Morgan fingerprint density at radius 3 is 1.91 bits per heavy atom. The molecule has 0 aromatic heterocycles. The molecule has 12 heteroatoms. The number of esters is 2. The summed E-state index contributed by atoms with van der Waals surface area (Å²) in [4.78, 5) is 44.8. The number of rotatable bonds is 34. The van der Waals surface area contributed by atoms with Gasteiger partial charge in [-0.25, -0.2) is 4.57 Å². The lowest BCUT2D eigenvalue weighted by Gasteiger charge is -2.19. The van der Waals surface area contributed by atoms with E-state index in [1.807, 2.05) is 0 Å². The lowest BCUT2D eigenvalue weighted by Crippen LogP contribution is -2.29. The molecule has 0 radical (unpaired) electrons. The molecule has 11 nitrogen and oxygen atoms in total. The summed E-state index contributed by atoms with van der Waals surface area (Å²) in [5, 5.41) is 9.69. The third-order valence-electron chi connectivity index (χ3n) is 7.46. The number of allylic oxidation sites excluding steroid dienone is 3. The molecule has 47 heavy (non-hydrogen) atoms. The largest absolute Gasteiger partial charge is 0.472 e. The van der Waals surface area contributed by atoms with Gasteiger partial charge in [0.1, 0.15) is 12.9 Å². The van der Waals surface area contributed by atoms with E-state index in [-0.39, 0.29) is 32.6 Å². The highest BCUT2D eigenvalue weighted by molar-refractivity contribution is 7.47. The second kappa shape index (κ2) is 32.7. The van der Waals surface area contributed by atoms with Crippen LogP contribution in [0, 0.1) is 0 Å². The van der Waals surface area contributed by atoms with E-state index >= 15 is 0 Å². The van der Waals surface area contributed by atoms with Gasteiger partial charge in [0, 0.05) is 19.4 Å². The van der Waals surface area contributed by atoms with Crippen LogP contribution < -0.4 is 5.73 Å². The number of unbranched alkanes of at least 4 members (excludes halogenated alkanes) is 15. The van der Waals surface area contributed by atoms with Crippen LogP contribution in [-0.2, 0) is 37.5 Å². The zero-order valence-electron chi connectivity index (χ0n) is 28.9. The first-order valence-corrected chi connectivity index (χ1v) is 19.4. The van der Waals surface area contributed by atoms with Crippen LogP contribution in [0.1, 0.15) is 142 Å². The van der Waals surface area contributed by atoms with Crippen LogP contribution in [0.4, 0.5) is 0 Å². The molecule has 0 aliphatic carbocycles. The number of phosphoric acid groups is 1. The molecular weight excluding hydrogens is 625 g/mol. The van der Waals surface area contributed by atoms with Gasteiger partial charge in [0.2, 0.25) is 0 Å². The molecule has 0 aromatic rings. The number of hydrogen-bond donors (Lipinski definition) is 3. The quantitative estimate of drug-likeness (QED) is 0.0153. The van der Waals surface area contributed by atoms with E-state index in [1.54, 1.807) is 0 Å². The van der Waals surface area contributed by atoms with Crippen LogP contribution in [0.5, 0.6) is 0 Å². The summed E-state index contributed by atoms with van der Waals surface area (Å²) in [6, 6.07) is 0. The molecule has 0 aromatic carbocycles. The van der Waals surface area contributed by atoms with E-state index in [0.717, 1.165) is 57.8 Å². The van der Waals surface area contributed by atoms with Gasteiger partial charge in [0.25, 0.3) is 0 Å². The number of aldehydes is 1. The van der Waals surface area contributed by atoms with Crippen molar-refractivity contribution in [3.63, 3.8) is 0 Å². The zero-order valence-corrected chi connectivity index (χ0v) is 29.8. The van der Waals surface area contributed by atoms with E-state index in [2.05, 4.69) is 19.1 Å². The van der Waals surface area contributed by atoms with E-state index in [1.165, 1.54) is 57.1 Å². The number of phosphoric ester groups is 1. The maximum absolute atomic E-state index is 12.4. The molecule has 0 amide bonds. The Balaban J connectivity index is 4.27. The lowest BCUT2D eigenvalue weighted by atomic mass is 10.1. The molecule has 0 rings (SSSR count). The molecule has 0 aliphatic rings. The Hall–Kier alpha value is -1.88. The molecule has 0 fully saturated rings. The SMILES string of the molecule is CCCCCCCC/C=C\CCCCCCCC(=O)OC[C@H](COP(=O)(O)OCCN)OC(=O)CCCCCCCC(O)/C=C/C=O. The number of hydrogen-bond acceptors (Lipinski definition) is 10. The number of aliphatic hydroxyl groups is 1. The molecule has 0 aliphatic heterocycles. The summed E-state index contributed by atoms with van der Waals surface area (Å²) in [6.07, 6.45) is 26.1. The second-order valence-corrected chi connectivity index (χ2v) is 13.4. The van der Waals surface area contributed by atoms with Gasteiger partial charge in [0.15, 0.2) is 6.10 Å². The van der Waals surface area contributed by atoms with Crippen LogP contribution in [0.15, 0.2) is 24.3 Å². The van der Waals surface area contributed by atoms with Gasteiger partial charge in [-0.15, -0.1) is 0 Å². The highest BCUT2D eigenvalue weighted by atomic mass is 31.2. The van der Waals surface area contributed by atoms with Crippen LogP contribution in [0.2, 0.25) is 0 Å². The van der Waals surface area contributed by atoms with Crippen molar-refractivity contribution < 1.29 is 47.5 Å². The van der Waals surface area contributed by atoms with Crippen molar-refractivity contribution in [2.75, 3.05) is 26.4 Å². The first-order chi connectivity index (χ1) is 22.7. The smallest absolute Gasteiger partial charge is 0.462 e. The van der Waals surface area contributed by atoms with Gasteiger partial charge in [-0.05, 0) is 51.0 Å². The van der Waals surface area contributed by atoms with Crippen LogP contribution in [0.3, 0.4) is 0 Å². The minimum absolute atomic E-state index is 0.0259. The molecule has 4 N–H and O–H groups in total. The standard InChI is InChI=1S/C35H64NO10P/c1-2-3-4-5-6-7-8-9-10-11-12-13-14-17-20-25-34(39)43-30-33(31-45-47(41,42)44-29-27-36)46-35(40)26-21-18-15-16-19-23-32(38)24-22-28-37/h9-10,22,24,28,32-33,38H,2-8,11-21,23,25-27,29-31,36H2,1H3,(H,41,42)/b10-9-,24-22+/t32?,33-/m1/s1. The average molecular weight is 690 g/mol. The average Bonchev–Trinajstić information content (AvgIpc) is 3.05. The summed E-state index contributed by atoms with van der Waals surface area (Å²) >= 11 is 0. The van der Waals surface area contributed by atoms with Crippen LogP contribution in [-0.4, -0.2) is 66.8 Å². The molecule has 0 saturated carbocycles. The molecule has 274 valence electrons. The predicted molar refractivity (Wildman–Crippen MR) is 185 cm³/mol. The van der Waals surface area contributed by atoms with Crippen molar-refractivity contribution in [3.8, 4) is 0 Å². The van der Waals surface area contributed by atoms with Crippen molar-refractivity contribution >= 4 is 26.0 Å². The molecular formula is C35H64NO10P. The molecule has 0 saturated heterocycles. The number of carbonyl (C=O) groups is 3. The summed E-state index contributed by atoms with van der Waals surface area (Å²) in [6.45, 7) is 1.30. The molecule has 0 heterocycles. The van der Waals surface area contributed by atoms with Gasteiger partial charge in [-0.3, -0.25) is 23.4 Å². The third-order valence-corrected chi connectivity index (χ3v) is 8.44. The highest BCUT2D eigenvalue weighted by Gasteiger charge is 2.26. The van der Waals surface area contributed by atoms with Gasteiger partial charge in [-0.1, -0.05) is 102 Å². The third kappa shape index (κ3) is 32.4. The van der Waals surface area contributed by atoms with Crippen molar-refractivity contribution in [2.24, 2.45) is 5.73 Å². The fourth-order valence-electron chi connectivity index (χ4n) is 4.76. The molecule has 0 bridgehead atoms. The zero-order chi connectivity index (χ0) is 34.9. The number of nitrogens with two attached hydrogens (primary N) is 1. The highest BCUT2D eigenvalue weighted by Crippen LogP contribution is 2.43. The van der Waals surface area contributed by atoms with Gasteiger partial charge >= 0.3 is 19.8 Å². The molecule has 3 atom stereocenters. The second-order valence-electron chi connectivity index (χ2n) is 11.9. The molecule has 0 spiro atoms. The van der Waals surface area contributed by atoms with E-state index in [9.17, 15) is 28.9 Å². The van der Waals surface area contributed by atoms with Crippen LogP contribution in [0.25, 0.3) is 0 Å². The maximum Gasteiger partial charge on any atom is 0.472 e. The topological polar surface area (TPSA) is 172 Å². The van der Waals surface area contributed by atoms with Crippen molar-refractivity contribution in [1.29, 1.82) is 0 Å². The fraction of sp³-hybridized carbons (Fsp3) is 0.800. The first-order valence-electron chi connectivity index (χ1n) is 17.9. The lowest BCUT2D eigenvalue weighted by molar-refractivity contribution is -0.161. The summed E-state index contributed by atoms with van der Waals surface area (Å²) < 4.78 is 32.4. The Morgan fingerprint density at radius 2 is 1.32 bits per heavy atom. The van der Waals surface area contributed by atoms with Crippen molar-refractivity contribution in [1.82, 2.24) is 0 Å².